The van der Waals surface area contributed by atoms with E-state index in [1.807, 2.05) is 0 Å². The van der Waals surface area contributed by atoms with Crippen molar-refractivity contribution in [3.63, 3.8) is 0 Å². The molecule has 0 fully saturated rings. The minimum atomic E-state index is -1.15. The average molecular weight is 321 g/mol. The predicted octanol–water partition coefficient (Wildman–Crippen LogP) is 1.30. The molecule has 0 saturated heterocycles. The fourth-order valence-electron chi connectivity index (χ4n) is 2.18. The molecule has 0 aliphatic carbocycles. The van der Waals surface area contributed by atoms with Crippen molar-refractivity contribution in [2.24, 2.45) is 5.16 Å². The molecule has 1 heterocycles. The van der Waals surface area contributed by atoms with Gasteiger partial charge in [0.1, 0.15) is 5.82 Å². The van der Waals surface area contributed by atoms with Gasteiger partial charge in [-0.1, -0.05) is 17.3 Å². The summed E-state index contributed by atoms with van der Waals surface area (Å²) in [5.74, 6) is -0.788. The highest BCUT2D eigenvalue weighted by Gasteiger charge is 2.42. The first-order chi connectivity index (χ1) is 10.8. The lowest BCUT2D eigenvalue weighted by atomic mass is 9.95. The van der Waals surface area contributed by atoms with Gasteiger partial charge >= 0.3 is 0 Å². The number of halogens is 1. The summed E-state index contributed by atoms with van der Waals surface area (Å²) in [5, 5.41) is 6.58. The van der Waals surface area contributed by atoms with Gasteiger partial charge in [0.05, 0.1) is 5.71 Å². The third-order valence-corrected chi connectivity index (χ3v) is 3.62. The number of nitrogens with one attached hydrogen (secondary N) is 1. The fraction of sp³-hybridized carbons (Fsp3) is 0.438. The number of carbonyl (C=O) groups is 2. The first-order valence-electron chi connectivity index (χ1n) is 7.31. The standard InChI is InChI=1S/C16H20FN3O3/c1-16(15(22)18-8-7-14(21)20(2)3)10-13(19-23-16)11-5-4-6-12(17)9-11/h4-6,9H,7-8,10H2,1-3H3,(H,18,22). The average Bonchev–Trinajstić information content (AvgIpc) is 2.91. The van der Waals surface area contributed by atoms with Crippen molar-refractivity contribution in [2.75, 3.05) is 20.6 Å². The van der Waals surface area contributed by atoms with E-state index in [4.69, 9.17) is 4.84 Å². The summed E-state index contributed by atoms with van der Waals surface area (Å²) in [6.45, 7) is 1.84. The molecule has 2 amide bonds. The number of amides is 2. The highest BCUT2D eigenvalue weighted by atomic mass is 19.1. The van der Waals surface area contributed by atoms with E-state index in [0.717, 1.165) is 0 Å². The molecular weight excluding hydrogens is 301 g/mol. The number of nitrogens with zero attached hydrogens (tertiary/aromatic N) is 2. The first-order valence-corrected chi connectivity index (χ1v) is 7.31. The van der Waals surface area contributed by atoms with E-state index in [-0.39, 0.29) is 37.0 Å². The molecule has 1 N–H and O–H groups in total. The lowest BCUT2D eigenvalue weighted by Crippen LogP contribution is -2.45. The SMILES string of the molecule is CN(C)C(=O)CCNC(=O)C1(C)CC(c2cccc(F)c2)=NO1. The van der Waals surface area contributed by atoms with Gasteiger partial charge in [-0.3, -0.25) is 9.59 Å². The van der Waals surface area contributed by atoms with Crippen LogP contribution in [0.15, 0.2) is 29.4 Å². The van der Waals surface area contributed by atoms with Crippen LogP contribution in [0.4, 0.5) is 4.39 Å². The maximum absolute atomic E-state index is 13.3. The van der Waals surface area contributed by atoms with Crippen LogP contribution < -0.4 is 5.32 Å². The van der Waals surface area contributed by atoms with Crippen molar-refractivity contribution in [2.45, 2.75) is 25.4 Å². The van der Waals surface area contributed by atoms with Gasteiger partial charge in [0.25, 0.3) is 5.91 Å². The Morgan fingerprint density at radius 3 is 2.83 bits per heavy atom. The molecule has 0 radical (unpaired) electrons. The van der Waals surface area contributed by atoms with Gasteiger partial charge in [0.2, 0.25) is 11.5 Å². The van der Waals surface area contributed by atoms with Crippen molar-refractivity contribution >= 4 is 17.5 Å². The maximum atomic E-state index is 13.3. The molecule has 1 aliphatic heterocycles. The number of hydrogen-bond donors (Lipinski definition) is 1. The number of rotatable bonds is 5. The van der Waals surface area contributed by atoms with Crippen LogP contribution in [0.25, 0.3) is 0 Å². The molecular formula is C16H20FN3O3. The Morgan fingerprint density at radius 2 is 2.17 bits per heavy atom. The smallest absolute Gasteiger partial charge is 0.267 e. The second-order valence-corrected chi connectivity index (χ2v) is 5.84. The second kappa shape index (κ2) is 6.76. The molecule has 1 aromatic carbocycles. The zero-order valence-electron chi connectivity index (χ0n) is 13.4. The summed E-state index contributed by atoms with van der Waals surface area (Å²) in [5.41, 5.74) is -0.0427. The van der Waals surface area contributed by atoms with Gasteiger partial charge in [-0.05, 0) is 19.1 Å². The zero-order chi connectivity index (χ0) is 17.0. The van der Waals surface area contributed by atoms with Gasteiger partial charge in [0, 0.05) is 39.0 Å². The topological polar surface area (TPSA) is 71.0 Å². The van der Waals surface area contributed by atoms with Gasteiger partial charge in [0.15, 0.2) is 0 Å². The second-order valence-electron chi connectivity index (χ2n) is 5.84. The van der Waals surface area contributed by atoms with Crippen molar-refractivity contribution in [3.05, 3.63) is 35.6 Å². The Balaban J connectivity index is 1.91. The molecule has 1 atom stereocenters. The van der Waals surface area contributed by atoms with E-state index in [2.05, 4.69) is 10.5 Å². The Labute approximate surface area is 134 Å². The molecule has 1 aromatic rings. The van der Waals surface area contributed by atoms with E-state index >= 15 is 0 Å². The molecule has 0 aromatic heterocycles. The molecule has 0 bridgehead atoms. The summed E-state index contributed by atoms with van der Waals surface area (Å²) in [7, 11) is 3.31. The van der Waals surface area contributed by atoms with E-state index < -0.39 is 5.60 Å². The lowest BCUT2D eigenvalue weighted by Gasteiger charge is -2.20. The van der Waals surface area contributed by atoms with Crippen molar-refractivity contribution in [3.8, 4) is 0 Å². The first kappa shape index (κ1) is 16.9. The molecule has 124 valence electrons. The van der Waals surface area contributed by atoms with Crippen LogP contribution in [0, 0.1) is 5.82 Å². The lowest BCUT2D eigenvalue weighted by molar-refractivity contribution is -0.141. The predicted molar refractivity (Wildman–Crippen MR) is 83.4 cm³/mol. The third kappa shape index (κ3) is 4.06. The number of carbonyl (C=O) groups excluding carboxylic acids is 2. The largest absolute Gasteiger partial charge is 0.379 e. The van der Waals surface area contributed by atoms with Crippen LogP contribution >= 0.6 is 0 Å². The van der Waals surface area contributed by atoms with E-state index in [9.17, 15) is 14.0 Å². The quantitative estimate of drug-likeness (QED) is 0.889. The van der Waals surface area contributed by atoms with Crippen LogP contribution in [0.2, 0.25) is 0 Å². The van der Waals surface area contributed by atoms with Crippen LogP contribution in [0.3, 0.4) is 0 Å². The minimum Gasteiger partial charge on any atom is -0.379 e. The zero-order valence-corrected chi connectivity index (χ0v) is 13.4. The molecule has 7 heteroatoms. The summed E-state index contributed by atoms with van der Waals surface area (Å²) < 4.78 is 13.3. The van der Waals surface area contributed by atoms with Crippen LogP contribution in [-0.2, 0) is 14.4 Å². The summed E-state index contributed by atoms with van der Waals surface area (Å²) in [6, 6.07) is 5.98. The highest BCUT2D eigenvalue weighted by molar-refractivity contribution is 6.05. The maximum Gasteiger partial charge on any atom is 0.267 e. The van der Waals surface area contributed by atoms with Gasteiger partial charge in [-0.15, -0.1) is 0 Å². The van der Waals surface area contributed by atoms with Gasteiger partial charge < -0.3 is 15.1 Å². The molecule has 0 spiro atoms. The Kier molecular flexibility index (Phi) is 4.98. The fourth-order valence-corrected chi connectivity index (χ4v) is 2.18. The van der Waals surface area contributed by atoms with Gasteiger partial charge in [-0.2, -0.15) is 0 Å². The molecule has 0 saturated carbocycles. The Morgan fingerprint density at radius 1 is 1.43 bits per heavy atom. The van der Waals surface area contributed by atoms with Crippen LogP contribution in [0.5, 0.6) is 0 Å². The summed E-state index contributed by atoms with van der Waals surface area (Å²) in [4.78, 5) is 30.5. The summed E-state index contributed by atoms with van der Waals surface area (Å²) in [6.07, 6.45) is 0.455. The normalized spacial score (nSPS) is 19.7. The van der Waals surface area contributed by atoms with Crippen molar-refractivity contribution in [1.82, 2.24) is 10.2 Å². The number of benzene rings is 1. The van der Waals surface area contributed by atoms with Crippen LogP contribution in [-0.4, -0.2) is 48.7 Å². The molecule has 23 heavy (non-hydrogen) atoms. The third-order valence-electron chi connectivity index (χ3n) is 3.62. The van der Waals surface area contributed by atoms with E-state index in [0.29, 0.717) is 11.3 Å². The van der Waals surface area contributed by atoms with E-state index in [1.165, 1.54) is 17.0 Å². The Bertz CT molecular complexity index is 645. The summed E-state index contributed by atoms with van der Waals surface area (Å²) >= 11 is 0. The van der Waals surface area contributed by atoms with E-state index in [1.54, 1.807) is 33.2 Å². The molecule has 1 unspecified atom stereocenters. The van der Waals surface area contributed by atoms with Gasteiger partial charge in [-0.25, -0.2) is 4.39 Å². The number of hydrogen-bond acceptors (Lipinski definition) is 4. The molecule has 1 aliphatic rings. The minimum absolute atomic E-state index is 0.0699. The monoisotopic (exact) mass is 321 g/mol. The molecule has 2 rings (SSSR count). The highest BCUT2D eigenvalue weighted by Crippen LogP contribution is 2.27. The molecule has 6 nitrogen and oxygen atoms in total. The Hall–Kier alpha value is -2.44. The van der Waals surface area contributed by atoms with Crippen molar-refractivity contribution < 1.29 is 18.8 Å². The van der Waals surface area contributed by atoms with Crippen molar-refractivity contribution in [1.29, 1.82) is 0 Å². The van der Waals surface area contributed by atoms with Crippen LogP contribution in [0.1, 0.15) is 25.3 Å². The number of oxime groups is 1.